The van der Waals surface area contributed by atoms with Gasteiger partial charge in [-0.05, 0) is 61.1 Å². The normalized spacial score (nSPS) is 13.8. The van der Waals surface area contributed by atoms with Gasteiger partial charge in [0, 0.05) is 0 Å². The van der Waals surface area contributed by atoms with Crippen LogP contribution in [-0.4, -0.2) is 5.97 Å². The van der Waals surface area contributed by atoms with E-state index >= 15 is 0 Å². The maximum Gasteiger partial charge on any atom is 0.311 e. The van der Waals surface area contributed by atoms with Crippen LogP contribution in [0, 0.1) is 5.41 Å². The van der Waals surface area contributed by atoms with Crippen molar-refractivity contribution >= 4 is 16.7 Å². The van der Waals surface area contributed by atoms with Crippen LogP contribution in [-0.2, 0) is 29.0 Å². The summed E-state index contributed by atoms with van der Waals surface area (Å²) in [7, 11) is 0. The van der Waals surface area contributed by atoms with Crippen LogP contribution in [0.4, 0.5) is 0 Å². The Kier molecular flexibility index (Phi) is 3.04. The highest BCUT2D eigenvalue weighted by Crippen LogP contribution is 2.33. The van der Waals surface area contributed by atoms with Crippen molar-refractivity contribution in [2.45, 2.75) is 40.2 Å². The van der Waals surface area contributed by atoms with E-state index in [0.29, 0.717) is 6.61 Å². The molecule has 1 aliphatic carbocycles. The first-order valence-electron chi connectivity index (χ1n) is 7.16. The lowest BCUT2D eigenvalue weighted by Crippen LogP contribution is -2.22. The second-order valence-electron chi connectivity index (χ2n) is 6.55. The molecule has 0 saturated heterocycles. The average Bonchev–Trinajstić information content (AvgIpc) is 2.82. The monoisotopic (exact) mass is 268 g/mol. The first-order chi connectivity index (χ1) is 9.47. The standard InChI is InChI=1S/C18H20O2/c1-18(2,3)17(19)20-11-14-10-9-13-8-7-12-5-4-6-15(14)16(12)13/h4-6,9-10H,7-8,11H2,1-3H3. The molecule has 0 radical (unpaired) electrons. The summed E-state index contributed by atoms with van der Waals surface area (Å²) < 4.78 is 5.46. The van der Waals surface area contributed by atoms with Gasteiger partial charge in [0.05, 0.1) is 5.41 Å². The Morgan fingerprint density at radius 1 is 1.10 bits per heavy atom. The molecule has 0 atom stereocenters. The molecule has 0 bridgehead atoms. The Bertz CT molecular complexity index is 667. The Morgan fingerprint density at radius 3 is 2.50 bits per heavy atom. The fourth-order valence-corrected chi connectivity index (χ4v) is 2.79. The minimum atomic E-state index is -0.450. The quantitative estimate of drug-likeness (QED) is 0.769. The first kappa shape index (κ1) is 13.2. The van der Waals surface area contributed by atoms with Crippen LogP contribution < -0.4 is 0 Å². The second kappa shape index (κ2) is 4.62. The SMILES string of the molecule is CC(C)(C)C(=O)OCc1ccc2c3c(cccc13)CC2. The fraction of sp³-hybridized carbons (Fsp3) is 0.389. The van der Waals surface area contributed by atoms with Crippen molar-refractivity contribution in [2.24, 2.45) is 5.41 Å². The van der Waals surface area contributed by atoms with E-state index in [4.69, 9.17) is 4.74 Å². The summed E-state index contributed by atoms with van der Waals surface area (Å²) in [6.07, 6.45) is 2.25. The van der Waals surface area contributed by atoms with E-state index in [1.165, 1.54) is 21.9 Å². The van der Waals surface area contributed by atoms with Gasteiger partial charge in [0.25, 0.3) is 0 Å². The Hall–Kier alpha value is -1.83. The third-order valence-electron chi connectivity index (χ3n) is 3.94. The molecule has 0 aliphatic heterocycles. The number of ether oxygens (including phenoxy) is 1. The largest absolute Gasteiger partial charge is 0.460 e. The van der Waals surface area contributed by atoms with Gasteiger partial charge in [0.2, 0.25) is 0 Å². The molecule has 104 valence electrons. The lowest BCUT2D eigenvalue weighted by Gasteiger charge is -2.17. The number of hydrogen-bond acceptors (Lipinski definition) is 2. The molecule has 0 spiro atoms. The van der Waals surface area contributed by atoms with Crippen molar-refractivity contribution in [3.63, 3.8) is 0 Å². The molecule has 2 aromatic carbocycles. The van der Waals surface area contributed by atoms with Gasteiger partial charge in [0.15, 0.2) is 0 Å². The van der Waals surface area contributed by atoms with Crippen molar-refractivity contribution in [3.8, 4) is 0 Å². The molecule has 1 aliphatic rings. The minimum absolute atomic E-state index is 0.152. The van der Waals surface area contributed by atoms with Crippen LogP contribution in [0.3, 0.4) is 0 Å². The summed E-state index contributed by atoms with van der Waals surface area (Å²) >= 11 is 0. The van der Waals surface area contributed by atoms with Gasteiger partial charge < -0.3 is 4.74 Å². The van der Waals surface area contributed by atoms with Gasteiger partial charge in [-0.3, -0.25) is 4.79 Å². The van der Waals surface area contributed by atoms with Crippen LogP contribution >= 0.6 is 0 Å². The molecule has 2 aromatic rings. The number of carbonyl (C=O) groups is 1. The molecule has 3 rings (SSSR count). The van der Waals surface area contributed by atoms with Crippen LogP contribution in [0.2, 0.25) is 0 Å². The van der Waals surface area contributed by atoms with Crippen LogP contribution in [0.5, 0.6) is 0 Å². The molecule has 0 aromatic heterocycles. The summed E-state index contributed by atoms with van der Waals surface area (Å²) in [5, 5.41) is 2.61. The highest BCUT2D eigenvalue weighted by atomic mass is 16.5. The van der Waals surface area contributed by atoms with Gasteiger partial charge in [-0.25, -0.2) is 0 Å². The molecule has 0 saturated carbocycles. The minimum Gasteiger partial charge on any atom is -0.460 e. The smallest absolute Gasteiger partial charge is 0.311 e. The van der Waals surface area contributed by atoms with Crippen molar-refractivity contribution in [1.29, 1.82) is 0 Å². The molecular formula is C18H20O2. The number of aryl methyl sites for hydroxylation is 2. The Morgan fingerprint density at radius 2 is 1.80 bits per heavy atom. The molecule has 20 heavy (non-hydrogen) atoms. The lowest BCUT2D eigenvalue weighted by atomic mass is 9.97. The highest BCUT2D eigenvalue weighted by Gasteiger charge is 2.23. The summed E-state index contributed by atoms with van der Waals surface area (Å²) in [6.45, 7) is 5.99. The molecule has 0 amide bonds. The maximum atomic E-state index is 11.9. The van der Waals surface area contributed by atoms with E-state index < -0.39 is 5.41 Å². The van der Waals surface area contributed by atoms with E-state index in [1.807, 2.05) is 20.8 Å². The number of rotatable bonds is 2. The van der Waals surface area contributed by atoms with E-state index in [-0.39, 0.29) is 5.97 Å². The Balaban J connectivity index is 1.92. The average molecular weight is 268 g/mol. The van der Waals surface area contributed by atoms with Crippen LogP contribution in [0.1, 0.15) is 37.5 Å². The van der Waals surface area contributed by atoms with E-state index in [9.17, 15) is 4.79 Å². The molecule has 2 heteroatoms. The number of hydrogen-bond donors (Lipinski definition) is 0. The number of carbonyl (C=O) groups excluding carboxylic acids is 1. The molecule has 0 fully saturated rings. The Labute approximate surface area is 119 Å². The molecule has 0 N–H and O–H groups in total. The third-order valence-corrected chi connectivity index (χ3v) is 3.94. The van der Waals surface area contributed by atoms with Gasteiger partial charge in [-0.15, -0.1) is 0 Å². The van der Waals surface area contributed by atoms with Crippen LogP contribution in [0.15, 0.2) is 30.3 Å². The first-order valence-corrected chi connectivity index (χ1v) is 7.16. The van der Waals surface area contributed by atoms with Gasteiger partial charge >= 0.3 is 5.97 Å². The van der Waals surface area contributed by atoms with E-state index in [2.05, 4.69) is 30.3 Å². The van der Waals surface area contributed by atoms with E-state index in [0.717, 1.165) is 18.4 Å². The highest BCUT2D eigenvalue weighted by molar-refractivity contribution is 5.93. The third kappa shape index (κ3) is 2.20. The zero-order chi connectivity index (χ0) is 14.3. The summed E-state index contributed by atoms with van der Waals surface area (Å²) in [5.41, 5.74) is 3.49. The summed E-state index contributed by atoms with van der Waals surface area (Å²) in [4.78, 5) is 11.9. The maximum absolute atomic E-state index is 11.9. The van der Waals surface area contributed by atoms with Crippen molar-refractivity contribution in [3.05, 3.63) is 47.0 Å². The fourth-order valence-electron chi connectivity index (χ4n) is 2.79. The second-order valence-corrected chi connectivity index (χ2v) is 6.55. The summed E-state index contributed by atoms with van der Waals surface area (Å²) in [6, 6.07) is 10.7. The summed E-state index contributed by atoms with van der Waals surface area (Å²) in [5.74, 6) is -0.152. The van der Waals surface area contributed by atoms with Crippen LogP contribution in [0.25, 0.3) is 10.8 Å². The topological polar surface area (TPSA) is 26.3 Å². The number of benzene rings is 2. The zero-order valence-electron chi connectivity index (χ0n) is 12.3. The zero-order valence-corrected chi connectivity index (χ0v) is 12.3. The molecule has 0 unspecified atom stereocenters. The molecular weight excluding hydrogens is 248 g/mol. The predicted molar refractivity (Wildman–Crippen MR) is 80.6 cm³/mol. The van der Waals surface area contributed by atoms with Crippen molar-refractivity contribution < 1.29 is 9.53 Å². The van der Waals surface area contributed by atoms with Gasteiger partial charge in [-0.2, -0.15) is 0 Å². The van der Waals surface area contributed by atoms with Gasteiger partial charge in [-0.1, -0.05) is 30.3 Å². The van der Waals surface area contributed by atoms with E-state index in [1.54, 1.807) is 0 Å². The van der Waals surface area contributed by atoms with Gasteiger partial charge in [0.1, 0.15) is 6.61 Å². The number of esters is 1. The predicted octanol–water partition coefficient (Wildman–Crippen LogP) is 4.03. The van der Waals surface area contributed by atoms with Crippen molar-refractivity contribution in [1.82, 2.24) is 0 Å². The molecule has 0 heterocycles. The lowest BCUT2D eigenvalue weighted by molar-refractivity contribution is -0.154. The van der Waals surface area contributed by atoms with Crippen molar-refractivity contribution in [2.75, 3.05) is 0 Å². The molecule has 2 nitrogen and oxygen atoms in total.